The van der Waals surface area contributed by atoms with E-state index in [2.05, 4.69) is 4.98 Å². The largest absolute Gasteiger partial charge is 0.462 e. The molecule has 0 saturated heterocycles. The standard InChI is InChI=1S/C11H12ClNO4/c1-3-16-10(14)7-5-8(9(12)13-6-7)11(15)17-4-2/h5-6H,3-4H2,1-2H3. The minimum Gasteiger partial charge on any atom is -0.462 e. The van der Waals surface area contributed by atoms with Gasteiger partial charge in [-0.15, -0.1) is 0 Å². The molecule has 0 saturated carbocycles. The molecule has 1 aromatic rings. The first-order valence-electron chi connectivity index (χ1n) is 5.09. The van der Waals surface area contributed by atoms with Crippen molar-refractivity contribution in [3.63, 3.8) is 0 Å². The molecule has 0 aliphatic carbocycles. The minimum absolute atomic E-state index is 0.00324. The molecular weight excluding hydrogens is 246 g/mol. The number of pyridine rings is 1. The van der Waals surface area contributed by atoms with Crippen LogP contribution < -0.4 is 0 Å². The summed E-state index contributed by atoms with van der Waals surface area (Å²) in [5, 5.41) is -0.00324. The molecule has 1 aromatic heterocycles. The van der Waals surface area contributed by atoms with Crippen LogP contribution in [0.25, 0.3) is 0 Å². The number of aromatic nitrogens is 1. The van der Waals surface area contributed by atoms with E-state index < -0.39 is 11.9 Å². The van der Waals surface area contributed by atoms with Crippen LogP contribution >= 0.6 is 11.6 Å². The summed E-state index contributed by atoms with van der Waals surface area (Å²) in [5.74, 6) is -1.17. The number of hydrogen-bond acceptors (Lipinski definition) is 5. The van der Waals surface area contributed by atoms with E-state index in [1.165, 1.54) is 12.3 Å². The van der Waals surface area contributed by atoms with Gasteiger partial charge in [0.25, 0.3) is 0 Å². The maximum absolute atomic E-state index is 11.5. The van der Waals surface area contributed by atoms with Crippen molar-refractivity contribution in [2.24, 2.45) is 0 Å². The Morgan fingerprint density at radius 3 is 2.41 bits per heavy atom. The lowest BCUT2D eigenvalue weighted by molar-refractivity contribution is 0.0524. The third-order valence-electron chi connectivity index (χ3n) is 1.85. The summed E-state index contributed by atoms with van der Waals surface area (Å²) < 4.78 is 9.58. The van der Waals surface area contributed by atoms with Crippen LogP contribution in [0, 0.1) is 0 Å². The number of rotatable bonds is 4. The van der Waals surface area contributed by atoms with Crippen molar-refractivity contribution in [1.82, 2.24) is 4.98 Å². The monoisotopic (exact) mass is 257 g/mol. The molecule has 0 unspecified atom stereocenters. The van der Waals surface area contributed by atoms with Crippen molar-refractivity contribution >= 4 is 23.5 Å². The fraction of sp³-hybridized carbons (Fsp3) is 0.364. The van der Waals surface area contributed by atoms with Gasteiger partial charge in [-0.3, -0.25) is 0 Å². The quantitative estimate of drug-likeness (QED) is 0.610. The van der Waals surface area contributed by atoms with Gasteiger partial charge in [0.1, 0.15) is 5.15 Å². The van der Waals surface area contributed by atoms with Crippen LogP contribution in [0.5, 0.6) is 0 Å². The van der Waals surface area contributed by atoms with Crippen molar-refractivity contribution < 1.29 is 19.1 Å². The summed E-state index contributed by atoms with van der Waals surface area (Å²) in [4.78, 5) is 26.7. The van der Waals surface area contributed by atoms with E-state index in [9.17, 15) is 9.59 Å². The lowest BCUT2D eigenvalue weighted by atomic mass is 10.2. The number of hydrogen-bond donors (Lipinski definition) is 0. The first-order chi connectivity index (χ1) is 8.10. The Morgan fingerprint density at radius 2 is 1.82 bits per heavy atom. The highest BCUT2D eigenvalue weighted by Gasteiger charge is 2.16. The summed E-state index contributed by atoms with van der Waals surface area (Å²) in [5.41, 5.74) is 0.221. The number of esters is 2. The SMILES string of the molecule is CCOC(=O)c1cnc(Cl)c(C(=O)OCC)c1. The lowest BCUT2D eigenvalue weighted by Gasteiger charge is -2.06. The summed E-state index contributed by atoms with van der Waals surface area (Å²) in [6.45, 7) is 3.83. The van der Waals surface area contributed by atoms with Crippen LogP contribution in [0.15, 0.2) is 12.3 Å². The number of nitrogens with zero attached hydrogens (tertiary/aromatic N) is 1. The molecule has 17 heavy (non-hydrogen) atoms. The van der Waals surface area contributed by atoms with E-state index in [0.717, 1.165) is 0 Å². The molecule has 0 aliphatic heterocycles. The normalized spacial score (nSPS) is 9.82. The van der Waals surface area contributed by atoms with E-state index in [4.69, 9.17) is 21.1 Å². The fourth-order valence-electron chi connectivity index (χ4n) is 1.13. The molecule has 0 N–H and O–H groups in total. The molecule has 0 amide bonds. The molecule has 0 bridgehead atoms. The molecule has 92 valence electrons. The molecule has 1 rings (SSSR count). The molecule has 0 aliphatic rings. The molecule has 5 nitrogen and oxygen atoms in total. The van der Waals surface area contributed by atoms with Gasteiger partial charge in [0.05, 0.1) is 24.3 Å². The van der Waals surface area contributed by atoms with Crippen molar-refractivity contribution in [2.75, 3.05) is 13.2 Å². The van der Waals surface area contributed by atoms with Gasteiger partial charge in [-0.25, -0.2) is 14.6 Å². The van der Waals surface area contributed by atoms with Gasteiger partial charge in [-0.2, -0.15) is 0 Å². The van der Waals surface area contributed by atoms with Gasteiger partial charge in [-0.05, 0) is 19.9 Å². The summed E-state index contributed by atoms with van der Waals surface area (Å²) in [6, 6.07) is 1.31. The molecule has 1 heterocycles. The van der Waals surface area contributed by atoms with Crippen LogP contribution in [-0.2, 0) is 9.47 Å². The lowest BCUT2D eigenvalue weighted by Crippen LogP contribution is -2.10. The Kier molecular flexibility index (Phi) is 4.90. The Morgan fingerprint density at radius 1 is 1.24 bits per heavy atom. The zero-order chi connectivity index (χ0) is 12.8. The first-order valence-corrected chi connectivity index (χ1v) is 5.47. The average molecular weight is 258 g/mol. The van der Waals surface area contributed by atoms with Crippen molar-refractivity contribution in [3.05, 3.63) is 28.5 Å². The zero-order valence-electron chi connectivity index (χ0n) is 9.53. The van der Waals surface area contributed by atoms with Crippen LogP contribution in [-0.4, -0.2) is 30.1 Å². The molecule has 0 radical (unpaired) electrons. The summed E-state index contributed by atoms with van der Waals surface area (Å²) >= 11 is 5.74. The van der Waals surface area contributed by atoms with Crippen molar-refractivity contribution in [3.8, 4) is 0 Å². The van der Waals surface area contributed by atoms with Gasteiger partial charge in [-0.1, -0.05) is 11.6 Å². The second kappa shape index (κ2) is 6.20. The molecule has 6 heteroatoms. The maximum Gasteiger partial charge on any atom is 0.341 e. The third kappa shape index (κ3) is 3.42. The highest BCUT2D eigenvalue weighted by Crippen LogP contribution is 2.16. The predicted octanol–water partition coefficient (Wildman–Crippen LogP) is 2.09. The van der Waals surface area contributed by atoms with E-state index in [-0.39, 0.29) is 29.5 Å². The highest BCUT2D eigenvalue weighted by molar-refractivity contribution is 6.32. The number of carbonyl (C=O) groups is 2. The Bertz CT molecular complexity index is 433. The average Bonchev–Trinajstić information content (AvgIpc) is 2.30. The summed E-state index contributed by atoms with van der Waals surface area (Å²) in [6.07, 6.45) is 1.25. The van der Waals surface area contributed by atoms with Gasteiger partial charge in [0.2, 0.25) is 0 Å². The van der Waals surface area contributed by atoms with E-state index in [0.29, 0.717) is 0 Å². The van der Waals surface area contributed by atoms with Gasteiger partial charge >= 0.3 is 11.9 Å². The van der Waals surface area contributed by atoms with Crippen molar-refractivity contribution in [2.45, 2.75) is 13.8 Å². The van der Waals surface area contributed by atoms with Gasteiger partial charge < -0.3 is 9.47 Å². The third-order valence-corrected chi connectivity index (χ3v) is 2.15. The Labute approximate surface area is 104 Å². The molecular formula is C11H12ClNO4. The first kappa shape index (κ1) is 13.4. The van der Waals surface area contributed by atoms with Gasteiger partial charge in [0.15, 0.2) is 0 Å². The fourth-order valence-corrected chi connectivity index (χ4v) is 1.31. The predicted molar refractivity (Wildman–Crippen MR) is 61.2 cm³/mol. The van der Waals surface area contributed by atoms with Crippen LogP contribution in [0.1, 0.15) is 34.6 Å². The van der Waals surface area contributed by atoms with Crippen LogP contribution in [0.2, 0.25) is 5.15 Å². The topological polar surface area (TPSA) is 65.5 Å². The van der Waals surface area contributed by atoms with E-state index in [1.54, 1.807) is 13.8 Å². The minimum atomic E-state index is -0.615. The second-order valence-electron chi connectivity index (χ2n) is 3.00. The summed E-state index contributed by atoms with van der Waals surface area (Å²) in [7, 11) is 0. The Hall–Kier alpha value is -1.62. The maximum atomic E-state index is 11.5. The second-order valence-corrected chi connectivity index (χ2v) is 3.36. The molecule has 0 spiro atoms. The number of ether oxygens (including phenoxy) is 2. The van der Waals surface area contributed by atoms with Crippen LogP contribution in [0.3, 0.4) is 0 Å². The van der Waals surface area contributed by atoms with Gasteiger partial charge in [0, 0.05) is 6.20 Å². The zero-order valence-corrected chi connectivity index (χ0v) is 10.3. The van der Waals surface area contributed by atoms with Crippen molar-refractivity contribution in [1.29, 1.82) is 0 Å². The molecule has 0 atom stereocenters. The van der Waals surface area contributed by atoms with E-state index in [1.807, 2.05) is 0 Å². The molecule has 0 aromatic carbocycles. The van der Waals surface area contributed by atoms with Crippen LogP contribution in [0.4, 0.5) is 0 Å². The number of carbonyl (C=O) groups excluding carboxylic acids is 2. The smallest absolute Gasteiger partial charge is 0.341 e. The highest BCUT2D eigenvalue weighted by atomic mass is 35.5. The molecule has 0 fully saturated rings. The number of halogens is 1. The Balaban J connectivity index is 3.02. The van der Waals surface area contributed by atoms with E-state index >= 15 is 0 Å².